The Morgan fingerprint density at radius 3 is 2.45 bits per heavy atom. The highest BCUT2D eigenvalue weighted by atomic mass is 32.2. The molecular weight excluding hydrogens is 160 g/mol. The fourth-order valence-corrected chi connectivity index (χ4v) is 1.60. The van der Waals surface area contributed by atoms with Gasteiger partial charge in [0.2, 0.25) is 5.91 Å². The average molecular weight is 176 g/mol. The first-order chi connectivity index (χ1) is 5.07. The van der Waals surface area contributed by atoms with Gasteiger partial charge in [-0.3, -0.25) is 4.79 Å². The molecule has 0 aliphatic rings. The van der Waals surface area contributed by atoms with Gasteiger partial charge in [-0.15, -0.1) is 11.8 Å². The van der Waals surface area contributed by atoms with Crippen LogP contribution >= 0.6 is 11.8 Å². The van der Waals surface area contributed by atoms with Crippen molar-refractivity contribution in [2.24, 2.45) is 11.5 Å². The Labute approximate surface area is 71.9 Å². The molecule has 4 heteroatoms. The smallest absolute Gasteiger partial charge is 0.230 e. The van der Waals surface area contributed by atoms with Gasteiger partial charge in [0.05, 0.1) is 5.25 Å². The van der Waals surface area contributed by atoms with E-state index in [0.29, 0.717) is 0 Å². The van der Waals surface area contributed by atoms with E-state index in [0.717, 1.165) is 12.2 Å². The van der Waals surface area contributed by atoms with Gasteiger partial charge in [-0.25, -0.2) is 0 Å². The predicted octanol–water partition coefficient (Wildman–Crippen LogP) is 0.331. The minimum atomic E-state index is -0.238. The lowest BCUT2D eigenvalue weighted by Gasteiger charge is -2.11. The zero-order valence-corrected chi connectivity index (χ0v) is 7.86. The van der Waals surface area contributed by atoms with E-state index in [-0.39, 0.29) is 17.2 Å². The standard InChI is InChI=1S/C7H16N2OS/c1-3-6(7(9)10)11-4-5(2)8/h5-6H,3-4,8H2,1-2H3,(H2,9,10). The Bertz CT molecular complexity index is 128. The van der Waals surface area contributed by atoms with Crippen molar-refractivity contribution in [1.82, 2.24) is 0 Å². The predicted molar refractivity (Wildman–Crippen MR) is 49.4 cm³/mol. The number of nitrogens with two attached hydrogens (primary N) is 2. The van der Waals surface area contributed by atoms with Crippen molar-refractivity contribution < 1.29 is 4.79 Å². The second kappa shape index (κ2) is 5.43. The number of amides is 1. The van der Waals surface area contributed by atoms with Crippen LogP contribution in [-0.4, -0.2) is 23.0 Å². The van der Waals surface area contributed by atoms with Crippen LogP contribution in [0.1, 0.15) is 20.3 Å². The second-order valence-corrected chi connectivity index (χ2v) is 3.85. The summed E-state index contributed by atoms with van der Waals surface area (Å²) in [4.78, 5) is 10.7. The van der Waals surface area contributed by atoms with E-state index in [1.54, 1.807) is 0 Å². The molecule has 0 aromatic heterocycles. The van der Waals surface area contributed by atoms with Crippen molar-refractivity contribution in [3.8, 4) is 0 Å². The maximum absolute atomic E-state index is 10.7. The van der Waals surface area contributed by atoms with Crippen molar-refractivity contribution in [1.29, 1.82) is 0 Å². The summed E-state index contributed by atoms with van der Waals surface area (Å²) in [7, 11) is 0. The molecule has 0 radical (unpaired) electrons. The molecule has 4 N–H and O–H groups in total. The minimum absolute atomic E-state index is 0.0685. The molecule has 0 aromatic carbocycles. The molecule has 0 aliphatic heterocycles. The zero-order valence-electron chi connectivity index (χ0n) is 7.04. The summed E-state index contributed by atoms with van der Waals surface area (Å²) in [5.41, 5.74) is 10.7. The number of primary amides is 1. The number of rotatable bonds is 5. The van der Waals surface area contributed by atoms with Crippen LogP contribution in [0.3, 0.4) is 0 Å². The Morgan fingerprint density at radius 2 is 2.18 bits per heavy atom. The van der Waals surface area contributed by atoms with Gasteiger partial charge in [0.15, 0.2) is 0 Å². The van der Waals surface area contributed by atoms with E-state index in [1.807, 2.05) is 13.8 Å². The first-order valence-corrected chi connectivity index (χ1v) is 4.79. The van der Waals surface area contributed by atoms with E-state index in [9.17, 15) is 4.79 Å². The molecule has 3 nitrogen and oxygen atoms in total. The summed E-state index contributed by atoms with van der Waals surface area (Å²) in [6.45, 7) is 3.87. The van der Waals surface area contributed by atoms with Crippen LogP contribution in [0.4, 0.5) is 0 Å². The van der Waals surface area contributed by atoms with Crippen LogP contribution in [0, 0.1) is 0 Å². The summed E-state index contributed by atoms with van der Waals surface area (Å²) < 4.78 is 0. The Balaban J connectivity index is 3.61. The van der Waals surface area contributed by atoms with E-state index >= 15 is 0 Å². The molecule has 0 rings (SSSR count). The lowest BCUT2D eigenvalue weighted by Crippen LogP contribution is -2.28. The number of carbonyl (C=O) groups is 1. The summed E-state index contributed by atoms with van der Waals surface area (Å²) in [5.74, 6) is 0.555. The molecule has 11 heavy (non-hydrogen) atoms. The summed E-state index contributed by atoms with van der Waals surface area (Å²) >= 11 is 1.54. The molecule has 0 spiro atoms. The average Bonchev–Trinajstić information content (AvgIpc) is 1.87. The molecule has 0 aromatic rings. The third-order valence-corrected chi connectivity index (χ3v) is 2.93. The second-order valence-electron chi connectivity index (χ2n) is 2.61. The van der Waals surface area contributed by atoms with Crippen LogP contribution in [0.15, 0.2) is 0 Å². The first kappa shape index (κ1) is 10.8. The van der Waals surface area contributed by atoms with Crippen molar-refractivity contribution in [3.63, 3.8) is 0 Å². The Kier molecular flexibility index (Phi) is 5.32. The molecular formula is C7H16N2OS. The normalized spacial score (nSPS) is 15.9. The van der Waals surface area contributed by atoms with Crippen molar-refractivity contribution in [2.75, 3.05) is 5.75 Å². The molecule has 2 unspecified atom stereocenters. The topological polar surface area (TPSA) is 69.1 Å². The molecule has 0 fully saturated rings. The fraction of sp³-hybridized carbons (Fsp3) is 0.857. The molecule has 0 heterocycles. The molecule has 0 aliphatic carbocycles. The Morgan fingerprint density at radius 1 is 1.64 bits per heavy atom. The van der Waals surface area contributed by atoms with Crippen LogP contribution in [0.2, 0.25) is 0 Å². The third-order valence-electron chi connectivity index (χ3n) is 1.25. The number of thioether (sulfide) groups is 1. The van der Waals surface area contributed by atoms with Crippen molar-refractivity contribution in [3.05, 3.63) is 0 Å². The molecule has 0 saturated carbocycles. The molecule has 0 saturated heterocycles. The summed E-state index contributed by atoms with van der Waals surface area (Å²) in [5, 5.41) is -0.0685. The van der Waals surface area contributed by atoms with Crippen molar-refractivity contribution >= 4 is 17.7 Å². The Hall–Kier alpha value is -0.220. The van der Waals surface area contributed by atoms with Gasteiger partial charge >= 0.3 is 0 Å². The number of carbonyl (C=O) groups excluding carboxylic acids is 1. The van der Waals surface area contributed by atoms with E-state index in [1.165, 1.54) is 11.8 Å². The molecule has 0 bridgehead atoms. The quantitative estimate of drug-likeness (QED) is 0.634. The van der Waals surface area contributed by atoms with Crippen LogP contribution < -0.4 is 11.5 Å². The van der Waals surface area contributed by atoms with Crippen LogP contribution in [0.5, 0.6) is 0 Å². The zero-order chi connectivity index (χ0) is 8.85. The van der Waals surface area contributed by atoms with E-state index in [2.05, 4.69) is 0 Å². The highest BCUT2D eigenvalue weighted by Crippen LogP contribution is 2.14. The number of hydrogen-bond acceptors (Lipinski definition) is 3. The van der Waals surface area contributed by atoms with Gasteiger partial charge < -0.3 is 11.5 Å². The van der Waals surface area contributed by atoms with Gasteiger partial charge in [0, 0.05) is 11.8 Å². The highest BCUT2D eigenvalue weighted by Gasteiger charge is 2.13. The van der Waals surface area contributed by atoms with Gasteiger partial charge in [0.25, 0.3) is 0 Å². The third kappa shape index (κ3) is 5.09. The lowest BCUT2D eigenvalue weighted by molar-refractivity contribution is -0.117. The van der Waals surface area contributed by atoms with E-state index in [4.69, 9.17) is 11.5 Å². The molecule has 1 amide bonds. The van der Waals surface area contributed by atoms with E-state index < -0.39 is 0 Å². The van der Waals surface area contributed by atoms with Crippen molar-refractivity contribution in [2.45, 2.75) is 31.6 Å². The summed E-state index contributed by atoms with van der Waals surface area (Å²) in [6, 6.07) is 0.133. The van der Waals surface area contributed by atoms with Crippen LogP contribution in [-0.2, 0) is 4.79 Å². The largest absolute Gasteiger partial charge is 0.369 e. The maximum atomic E-state index is 10.7. The minimum Gasteiger partial charge on any atom is -0.369 e. The first-order valence-electron chi connectivity index (χ1n) is 3.74. The van der Waals surface area contributed by atoms with Gasteiger partial charge in [-0.2, -0.15) is 0 Å². The van der Waals surface area contributed by atoms with Gasteiger partial charge in [-0.1, -0.05) is 6.92 Å². The monoisotopic (exact) mass is 176 g/mol. The van der Waals surface area contributed by atoms with Gasteiger partial charge in [-0.05, 0) is 13.3 Å². The van der Waals surface area contributed by atoms with Gasteiger partial charge in [0.1, 0.15) is 0 Å². The lowest BCUT2D eigenvalue weighted by atomic mass is 10.3. The SMILES string of the molecule is CCC(SCC(C)N)C(N)=O. The molecule has 66 valence electrons. The highest BCUT2D eigenvalue weighted by molar-refractivity contribution is 8.00. The number of hydrogen-bond donors (Lipinski definition) is 2. The molecule has 2 atom stereocenters. The fourth-order valence-electron chi connectivity index (χ4n) is 0.669. The summed E-state index contributed by atoms with van der Waals surface area (Å²) in [6.07, 6.45) is 0.784. The maximum Gasteiger partial charge on any atom is 0.230 e. The van der Waals surface area contributed by atoms with Crippen LogP contribution in [0.25, 0.3) is 0 Å².